The Morgan fingerprint density at radius 3 is 1.83 bits per heavy atom. The standard InChI is InChI=1S/C25H34N4O5S/c1-27(2)19-22-16-25(26-29(22)14-5-15-30)35(31,32)28(17-20-6-10-23(33-3)11-7-20)18-21-8-12-24(34-4)13-9-21/h6-13,16,30H,5,14-15,17-19H2,1-4H3. The van der Waals surface area contributed by atoms with Gasteiger partial charge in [0.15, 0.2) is 5.03 Å². The molecule has 3 rings (SSSR count). The Hall–Kier alpha value is -2.92. The molecule has 0 spiro atoms. The van der Waals surface area contributed by atoms with Gasteiger partial charge >= 0.3 is 0 Å². The van der Waals surface area contributed by atoms with Gasteiger partial charge in [-0.3, -0.25) is 4.68 Å². The Kier molecular flexibility index (Phi) is 9.27. The number of nitrogens with zero attached hydrogens (tertiary/aromatic N) is 4. The average Bonchev–Trinajstić information content (AvgIpc) is 3.25. The molecule has 1 N–H and O–H groups in total. The highest BCUT2D eigenvalue weighted by Gasteiger charge is 2.29. The van der Waals surface area contributed by atoms with Crippen molar-refractivity contribution in [2.24, 2.45) is 0 Å². The molecule has 0 aliphatic carbocycles. The van der Waals surface area contributed by atoms with E-state index in [9.17, 15) is 13.5 Å². The monoisotopic (exact) mass is 502 g/mol. The molecular formula is C25H34N4O5S. The Balaban J connectivity index is 1.98. The molecule has 0 aliphatic heterocycles. The van der Waals surface area contributed by atoms with Crippen LogP contribution in [0.4, 0.5) is 0 Å². The largest absolute Gasteiger partial charge is 0.497 e. The van der Waals surface area contributed by atoms with Gasteiger partial charge in [-0.2, -0.15) is 9.40 Å². The van der Waals surface area contributed by atoms with Crippen molar-refractivity contribution in [2.45, 2.75) is 37.6 Å². The van der Waals surface area contributed by atoms with Crippen LogP contribution in [0.15, 0.2) is 59.6 Å². The third kappa shape index (κ3) is 7.04. The van der Waals surface area contributed by atoms with Gasteiger partial charge in [-0.05, 0) is 55.9 Å². The number of aryl methyl sites for hydroxylation is 1. The molecule has 0 unspecified atom stereocenters. The smallest absolute Gasteiger partial charge is 0.263 e. The molecule has 1 heterocycles. The highest BCUT2D eigenvalue weighted by atomic mass is 32.2. The number of hydrogen-bond acceptors (Lipinski definition) is 7. The molecule has 0 radical (unpaired) electrons. The number of benzene rings is 2. The van der Waals surface area contributed by atoms with Crippen molar-refractivity contribution < 1.29 is 23.0 Å². The highest BCUT2D eigenvalue weighted by molar-refractivity contribution is 7.89. The van der Waals surface area contributed by atoms with Crippen molar-refractivity contribution in [2.75, 3.05) is 34.9 Å². The van der Waals surface area contributed by atoms with Gasteiger partial charge in [-0.25, -0.2) is 8.42 Å². The second-order valence-electron chi connectivity index (χ2n) is 8.48. The fraction of sp³-hybridized carbons (Fsp3) is 0.400. The summed E-state index contributed by atoms with van der Waals surface area (Å²) in [5, 5.41) is 13.7. The average molecular weight is 503 g/mol. The lowest BCUT2D eigenvalue weighted by Crippen LogP contribution is -2.30. The first-order chi connectivity index (χ1) is 16.8. The Morgan fingerprint density at radius 1 is 0.886 bits per heavy atom. The summed E-state index contributed by atoms with van der Waals surface area (Å²) in [4.78, 5) is 1.95. The summed E-state index contributed by atoms with van der Waals surface area (Å²) in [6, 6.07) is 16.3. The molecule has 0 saturated carbocycles. The van der Waals surface area contributed by atoms with E-state index in [4.69, 9.17) is 9.47 Å². The first-order valence-corrected chi connectivity index (χ1v) is 12.8. The number of aliphatic hydroxyl groups excluding tert-OH is 1. The van der Waals surface area contributed by atoms with E-state index in [-0.39, 0.29) is 24.7 Å². The topological polar surface area (TPSA) is 97.1 Å². The number of aromatic nitrogens is 2. The lowest BCUT2D eigenvalue weighted by atomic mass is 10.2. The van der Waals surface area contributed by atoms with Gasteiger partial charge in [-0.1, -0.05) is 24.3 Å². The molecule has 0 bridgehead atoms. The lowest BCUT2D eigenvalue weighted by molar-refractivity contribution is 0.273. The molecular weight excluding hydrogens is 468 g/mol. The van der Waals surface area contributed by atoms with Crippen LogP contribution in [0.25, 0.3) is 0 Å². The summed E-state index contributed by atoms with van der Waals surface area (Å²) in [7, 11) is 3.08. The van der Waals surface area contributed by atoms with Crippen molar-refractivity contribution in [3.63, 3.8) is 0 Å². The number of sulfonamides is 1. The second-order valence-corrected chi connectivity index (χ2v) is 10.4. The van der Waals surface area contributed by atoms with E-state index >= 15 is 0 Å². The summed E-state index contributed by atoms with van der Waals surface area (Å²) in [5.41, 5.74) is 2.43. The van der Waals surface area contributed by atoms with Crippen LogP contribution in [-0.2, 0) is 36.2 Å². The number of methoxy groups -OCH3 is 2. The number of aliphatic hydroxyl groups is 1. The van der Waals surface area contributed by atoms with Crippen LogP contribution < -0.4 is 9.47 Å². The van der Waals surface area contributed by atoms with Crippen LogP contribution >= 0.6 is 0 Å². The molecule has 0 fully saturated rings. The minimum atomic E-state index is -3.93. The predicted octanol–water partition coefficient (Wildman–Crippen LogP) is 2.74. The van der Waals surface area contributed by atoms with Crippen LogP contribution in [0.1, 0.15) is 23.2 Å². The van der Waals surface area contributed by atoms with Gasteiger partial charge in [-0.15, -0.1) is 0 Å². The van der Waals surface area contributed by atoms with Crippen LogP contribution in [0.2, 0.25) is 0 Å². The maximum atomic E-state index is 13.9. The van der Waals surface area contributed by atoms with E-state index in [1.165, 1.54) is 4.31 Å². The zero-order valence-electron chi connectivity index (χ0n) is 20.7. The van der Waals surface area contributed by atoms with Crippen molar-refractivity contribution in [1.82, 2.24) is 19.0 Å². The second kappa shape index (κ2) is 12.2. The lowest BCUT2D eigenvalue weighted by Gasteiger charge is -2.21. The molecule has 9 nitrogen and oxygen atoms in total. The van der Waals surface area contributed by atoms with Gasteiger partial charge in [0.1, 0.15) is 11.5 Å². The minimum Gasteiger partial charge on any atom is -0.497 e. The molecule has 35 heavy (non-hydrogen) atoms. The van der Waals surface area contributed by atoms with Crippen molar-refractivity contribution in [3.05, 3.63) is 71.4 Å². The SMILES string of the molecule is COc1ccc(CN(Cc2ccc(OC)cc2)S(=O)(=O)c2cc(CN(C)C)n(CCCO)n2)cc1. The first-order valence-electron chi connectivity index (χ1n) is 11.3. The summed E-state index contributed by atoms with van der Waals surface area (Å²) in [6.07, 6.45) is 0.489. The molecule has 1 aromatic heterocycles. The summed E-state index contributed by atoms with van der Waals surface area (Å²) in [5.74, 6) is 1.41. The maximum absolute atomic E-state index is 13.9. The van der Waals surface area contributed by atoms with Crippen molar-refractivity contribution in [1.29, 1.82) is 0 Å². The summed E-state index contributed by atoms with van der Waals surface area (Å²) >= 11 is 0. The van der Waals surface area contributed by atoms with Gasteiger partial charge in [0, 0.05) is 38.9 Å². The van der Waals surface area contributed by atoms with E-state index in [0.29, 0.717) is 31.0 Å². The van der Waals surface area contributed by atoms with Crippen LogP contribution in [0.5, 0.6) is 11.5 Å². The van der Waals surface area contributed by atoms with Crippen molar-refractivity contribution >= 4 is 10.0 Å². The van der Waals surface area contributed by atoms with Gasteiger partial charge in [0.25, 0.3) is 10.0 Å². The van der Waals surface area contributed by atoms with Crippen LogP contribution in [-0.4, -0.2) is 67.4 Å². The molecule has 190 valence electrons. The number of ether oxygens (including phenoxy) is 2. The van der Waals surface area contributed by atoms with Crippen molar-refractivity contribution in [3.8, 4) is 11.5 Å². The first kappa shape index (κ1) is 26.7. The van der Waals surface area contributed by atoms with Crippen LogP contribution in [0.3, 0.4) is 0 Å². The van der Waals surface area contributed by atoms with E-state index < -0.39 is 10.0 Å². The highest BCUT2D eigenvalue weighted by Crippen LogP contribution is 2.24. The maximum Gasteiger partial charge on any atom is 0.263 e. The van der Waals surface area contributed by atoms with Gasteiger partial charge in [0.2, 0.25) is 0 Å². The molecule has 0 amide bonds. The Labute approximate surface area is 207 Å². The molecule has 0 atom stereocenters. The van der Waals surface area contributed by atoms with E-state index in [2.05, 4.69) is 5.10 Å². The Morgan fingerprint density at radius 2 is 1.40 bits per heavy atom. The fourth-order valence-corrected chi connectivity index (χ4v) is 5.04. The zero-order valence-corrected chi connectivity index (χ0v) is 21.5. The molecule has 0 aliphatic rings. The fourth-order valence-electron chi connectivity index (χ4n) is 3.65. The zero-order chi connectivity index (χ0) is 25.4. The van der Waals surface area contributed by atoms with Crippen LogP contribution in [0, 0.1) is 0 Å². The minimum absolute atomic E-state index is 0.00438. The van der Waals surface area contributed by atoms with E-state index in [0.717, 1.165) is 16.8 Å². The van der Waals surface area contributed by atoms with E-state index in [1.807, 2.05) is 67.5 Å². The third-order valence-electron chi connectivity index (χ3n) is 5.49. The normalized spacial score (nSPS) is 11.9. The summed E-state index contributed by atoms with van der Waals surface area (Å²) in [6.45, 7) is 1.32. The Bertz CT molecular complexity index is 1130. The van der Waals surface area contributed by atoms with Gasteiger partial charge < -0.3 is 19.5 Å². The quantitative estimate of drug-likeness (QED) is 0.384. The molecule has 10 heteroatoms. The predicted molar refractivity (Wildman–Crippen MR) is 134 cm³/mol. The third-order valence-corrected chi connectivity index (χ3v) is 7.15. The number of hydrogen-bond donors (Lipinski definition) is 1. The molecule has 2 aromatic carbocycles. The molecule has 0 saturated heterocycles. The number of rotatable bonds is 13. The summed E-state index contributed by atoms with van der Waals surface area (Å²) < 4.78 is 41.3. The van der Waals surface area contributed by atoms with Gasteiger partial charge in [0.05, 0.1) is 19.9 Å². The van der Waals surface area contributed by atoms with E-state index in [1.54, 1.807) is 25.0 Å². The molecule has 3 aromatic rings.